The fraction of sp³-hybridized carbons (Fsp3) is 0.800. The Morgan fingerprint density at radius 2 is 1.09 bits per heavy atom. The number of quaternary nitrogens is 1. The molecule has 0 aromatic rings. The lowest BCUT2D eigenvalue weighted by molar-refractivity contribution is -0.969. The minimum Gasteiger partial charge on any atom is -0.544 e. The lowest BCUT2D eigenvalue weighted by atomic mass is 10.00. The molecule has 0 radical (unpaired) electrons. The van der Waals surface area contributed by atoms with E-state index in [1.165, 1.54) is 65.7 Å². The van der Waals surface area contributed by atoms with Crippen molar-refractivity contribution in [3.8, 4) is 0 Å². The van der Waals surface area contributed by atoms with Gasteiger partial charge in [-0.2, -0.15) is 0 Å². The van der Waals surface area contributed by atoms with E-state index in [-0.39, 0.29) is 6.54 Å². The number of unbranched alkanes of at least 4 members (excludes halogenated alkanes) is 11. The van der Waals surface area contributed by atoms with Crippen molar-refractivity contribution in [2.24, 2.45) is 0 Å². The van der Waals surface area contributed by atoms with E-state index in [2.05, 4.69) is 19.1 Å². The van der Waals surface area contributed by atoms with Crippen molar-refractivity contribution in [3.05, 3.63) is 12.2 Å². The standard InChI is InChI=1S/C25H45NO6/c1-5-6-7-8-9-10-11-12-13-14-15-16-17-18-19-26(20(2)23(27)28,21(3)24(29)30)22(4)25(31)32/h5-6,20-22H,7-19H2,1-4H3,(H2-,27,28,29,30,31,32)/b6-5+. The summed E-state index contributed by atoms with van der Waals surface area (Å²) in [7, 11) is 0. The largest absolute Gasteiger partial charge is 0.544 e. The molecule has 3 unspecified atom stereocenters. The highest BCUT2D eigenvalue weighted by Crippen LogP contribution is 2.27. The Labute approximate surface area is 194 Å². The van der Waals surface area contributed by atoms with Crippen LogP contribution in [0.2, 0.25) is 0 Å². The predicted molar refractivity (Wildman–Crippen MR) is 124 cm³/mol. The molecule has 0 aromatic heterocycles. The molecule has 186 valence electrons. The van der Waals surface area contributed by atoms with Crippen molar-refractivity contribution >= 4 is 17.9 Å². The molecule has 0 saturated heterocycles. The number of hydrogen-bond donors (Lipinski definition) is 2. The van der Waals surface area contributed by atoms with Gasteiger partial charge in [0.2, 0.25) is 0 Å². The van der Waals surface area contributed by atoms with E-state index in [0.717, 1.165) is 25.7 Å². The summed E-state index contributed by atoms with van der Waals surface area (Å²) in [6.07, 6.45) is 17.7. The van der Waals surface area contributed by atoms with Crippen LogP contribution >= 0.6 is 0 Å². The summed E-state index contributed by atoms with van der Waals surface area (Å²) in [5, 5.41) is 30.8. The van der Waals surface area contributed by atoms with E-state index in [0.29, 0.717) is 6.42 Å². The third-order valence-corrected chi connectivity index (χ3v) is 6.87. The van der Waals surface area contributed by atoms with Gasteiger partial charge < -0.3 is 20.1 Å². The van der Waals surface area contributed by atoms with Crippen molar-refractivity contribution in [2.75, 3.05) is 6.54 Å². The topological polar surface area (TPSA) is 115 Å². The molecule has 32 heavy (non-hydrogen) atoms. The van der Waals surface area contributed by atoms with E-state index >= 15 is 0 Å². The lowest BCUT2D eigenvalue weighted by Gasteiger charge is -2.49. The minimum atomic E-state index is -1.42. The molecule has 3 atom stereocenters. The molecule has 0 aliphatic heterocycles. The summed E-state index contributed by atoms with van der Waals surface area (Å²) in [6.45, 7) is 6.37. The second kappa shape index (κ2) is 16.7. The smallest absolute Gasteiger partial charge is 0.362 e. The summed E-state index contributed by atoms with van der Waals surface area (Å²) in [5.41, 5.74) is 0. The molecule has 0 rings (SSSR count). The molecule has 0 aliphatic rings. The van der Waals surface area contributed by atoms with Crippen molar-refractivity contribution in [1.29, 1.82) is 0 Å². The van der Waals surface area contributed by atoms with Crippen molar-refractivity contribution in [2.45, 2.75) is 123 Å². The monoisotopic (exact) mass is 455 g/mol. The van der Waals surface area contributed by atoms with Gasteiger partial charge in [-0.3, -0.25) is 4.48 Å². The summed E-state index contributed by atoms with van der Waals surface area (Å²) in [5.74, 6) is -3.82. The van der Waals surface area contributed by atoms with Crippen molar-refractivity contribution < 1.29 is 34.2 Å². The van der Waals surface area contributed by atoms with Gasteiger partial charge in [-0.25, -0.2) is 9.59 Å². The summed E-state index contributed by atoms with van der Waals surface area (Å²) < 4.78 is -0.541. The van der Waals surface area contributed by atoms with Gasteiger partial charge in [0.15, 0.2) is 12.1 Å². The molecule has 0 spiro atoms. The second-order valence-corrected chi connectivity index (χ2v) is 8.99. The fourth-order valence-corrected chi connectivity index (χ4v) is 4.60. The maximum atomic E-state index is 11.7. The molecule has 0 heterocycles. The van der Waals surface area contributed by atoms with Gasteiger partial charge in [-0.15, -0.1) is 0 Å². The number of aliphatic carboxylic acids is 3. The quantitative estimate of drug-likeness (QED) is 0.162. The van der Waals surface area contributed by atoms with Crippen LogP contribution in [0.4, 0.5) is 0 Å². The first-order valence-electron chi connectivity index (χ1n) is 12.3. The van der Waals surface area contributed by atoms with E-state index in [4.69, 9.17) is 0 Å². The SMILES string of the molecule is C/C=C/CCCCCCCCCCCCC[N+](C(C)C(=O)[O-])(C(C)C(=O)O)C(C)C(=O)O. The molecule has 7 nitrogen and oxygen atoms in total. The zero-order valence-corrected chi connectivity index (χ0v) is 20.6. The Hall–Kier alpha value is -1.89. The Morgan fingerprint density at radius 3 is 1.44 bits per heavy atom. The molecule has 0 aliphatic carbocycles. The third-order valence-electron chi connectivity index (χ3n) is 6.87. The Balaban J connectivity index is 4.48. The summed E-state index contributed by atoms with van der Waals surface area (Å²) >= 11 is 0. The van der Waals surface area contributed by atoms with Crippen LogP contribution in [-0.2, 0) is 14.4 Å². The molecule has 0 amide bonds. The maximum absolute atomic E-state index is 11.7. The maximum Gasteiger partial charge on any atom is 0.362 e. The number of carbonyl (C=O) groups is 3. The van der Waals surface area contributed by atoms with E-state index in [1.807, 2.05) is 0 Å². The average molecular weight is 456 g/mol. The van der Waals surface area contributed by atoms with Crippen molar-refractivity contribution in [3.63, 3.8) is 0 Å². The minimum absolute atomic E-state index is 0.184. The number of nitrogens with zero attached hydrogens (tertiary/aromatic N) is 1. The van der Waals surface area contributed by atoms with Gasteiger partial charge in [0.05, 0.1) is 12.5 Å². The van der Waals surface area contributed by atoms with Gasteiger partial charge >= 0.3 is 11.9 Å². The highest BCUT2D eigenvalue weighted by molar-refractivity contribution is 5.76. The molecule has 0 fully saturated rings. The zero-order chi connectivity index (χ0) is 24.6. The van der Waals surface area contributed by atoms with Crippen LogP contribution in [0.3, 0.4) is 0 Å². The molecule has 0 bridgehead atoms. The molecule has 7 heteroatoms. The molecule has 2 N–H and O–H groups in total. The van der Waals surface area contributed by atoms with Gasteiger partial charge in [-0.05, 0) is 53.4 Å². The van der Waals surface area contributed by atoms with E-state index in [1.54, 1.807) is 0 Å². The van der Waals surface area contributed by atoms with E-state index < -0.39 is 40.5 Å². The molecule has 0 saturated carbocycles. The average Bonchev–Trinajstić information content (AvgIpc) is 2.75. The van der Waals surface area contributed by atoms with Crippen LogP contribution in [-0.4, -0.2) is 57.3 Å². The number of rotatable bonds is 20. The zero-order valence-electron chi connectivity index (χ0n) is 20.6. The number of carboxylic acid groups (broad SMARTS) is 3. The number of allylic oxidation sites excluding steroid dienone is 2. The van der Waals surface area contributed by atoms with Gasteiger partial charge in [0, 0.05) is 0 Å². The summed E-state index contributed by atoms with van der Waals surface area (Å²) in [4.78, 5) is 35.1. The van der Waals surface area contributed by atoms with Crippen LogP contribution in [0.1, 0.15) is 105 Å². The molecule has 0 aromatic carbocycles. The Kier molecular flexibility index (Phi) is 15.7. The second-order valence-electron chi connectivity index (χ2n) is 8.99. The Bertz CT molecular complexity index is 539. The van der Waals surface area contributed by atoms with Crippen LogP contribution in [0, 0.1) is 0 Å². The van der Waals surface area contributed by atoms with Crippen LogP contribution in [0.5, 0.6) is 0 Å². The van der Waals surface area contributed by atoms with Crippen LogP contribution < -0.4 is 5.11 Å². The van der Waals surface area contributed by atoms with E-state index in [9.17, 15) is 29.7 Å². The number of carboxylic acids is 3. The van der Waals surface area contributed by atoms with Crippen LogP contribution in [0.15, 0.2) is 12.2 Å². The number of hydrogen-bond acceptors (Lipinski definition) is 4. The van der Waals surface area contributed by atoms with Crippen molar-refractivity contribution in [1.82, 2.24) is 0 Å². The van der Waals surface area contributed by atoms with Gasteiger partial charge in [-0.1, -0.05) is 63.5 Å². The number of carbonyl (C=O) groups excluding carboxylic acids is 1. The van der Waals surface area contributed by atoms with Gasteiger partial charge in [0.25, 0.3) is 0 Å². The molecular weight excluding hydrogens is 410 g/mol. The Morgan fingerprint density at radius 1 is 0.719 bits per heavy atom. The van der Waals surface area contributed by atoms with Gasteiger partial charge in [0.1, 0.15) is 6.04 Å². The summed E-state index contributed by atoms with van der Waals surface area (Å²) in [6, 6.07) is -3.55. The first kappa shape index (κ1) is 30.1. The third kappa shape index (κ3) is 10.2. The van der Waals surface area contributed by atoms with Crippen LogP contribution in [0.25, 0.3) is 0 Å². The highest BCUT2D eigenvalue weighted by Gasteiger charge is 2.50. The highest BCUT2D eigenvalue weighted by atomic mass is 16.4. The molecular formula is C25H45NO6. The first-order valence-corrected chi connectivity index (χ1v) is 12.3. The first-order chi connectivity index (χ1) is 15.1. The lowest BCUT2D eigenvalue weighted by Crippen LogP contribution is -2.72. The normalized spacial score (nSPS) is 16.4. The predicted octanol–water partition coefficient (Wildman–Crippen LogP) is 4.15. The fourth-order valence-electron chi connectivity index (χ4n) is 4.60.